The Kier molecular flexibility index (Phi) is 6.11. The smallest absolute Gasteiger partial charge is 0.234 e. The summed E-state index contributed by atoms with van der Waals surface area (Å²) >= 11 is 0. The number of rotatable bonds is 6. The molecule has 3 heterocycles. The lowest BCUT2D eigenvalue weighted by Crippen LogP contribution is -2.39. The number of hydrogen-bond donors (Lipinski definition) is 1. The van der Waals surface area contributed by atoms with Crippen molar-refractivity contribution in [3.8, 4) is 5.75 Å². The third-order valence-electron chi connectivity index (χ3n) is 6.20. The van der Waals surface area contributed by atoms with Crippen LogP contribution in [0.4, 0.5) is 4.39 Å². The number of carbonyl (C=O) groups excluding carboxylic acids is 2. The number of fused-ring (bicyclic) bond motifs is 1. The quantitative estimate of drug-likeness (QED) is 0.577. The van der Waals surface area contributed by atoms with Crippen LogP contribution in [0.5, 0.6) is 5.75 Å². The van der Waals surface area contributed by atoms with Gasteiger partial charge in [-0.15, -0.1) is 0 Å². The normalized spacial score (nSPS) is 19.6. The molecule has 2 aromatic carbocycles. The molecule has 0 saturated carbocycles. The molecule has 0 bridgehead atoms. The molecule has 1 N–H and O–H groups in total. The molecule has 2 aliphatic rings. The summed E-state index contributed by atoms with van der Waals surface area (Å²) in [7, 11) is 0. The van der Waals surface area contributed by atoms with Crippen molar-refractivity contribution < 1.29 is 27.9 Å². The number of piperidine rings is 1. The highest BCUT2D eigenvalue weighted by Gasteiger charge is 2.30. The highest BCUT2D eigenvalue weighted by molar-refractivity contribution is 6.02. The Hall–Kier alpha value is -3.23. The van der Waals surface area contributed by atoms with Crippen LogP contribution in [0.25, 0.3) is 11.0 Å². The maximum absolute atomic E-state index is 14.6. The van der Waals surface area contributed by atoms with E-state index in [2.05, 4.69) is 22.3 Å². The molecule has 2 amide bonds. The number of halogens is 1. The van der Waals surface area contributed by atoms with Crippen LogP contribution in [-0.2, 0) is 27.5 Å². The molecule has 172 valence electrons. The topological polar surface area (TPSA) is 81.0 Å². The first-order valence-corrected chi connectivity index (χ1v) is 11.1. The number of furan rings is 1. The highest BCUT2D eigenvalue weighted by atomic mass is 19.1. The molecule has 1 aromatic heterocycles. The van der Waals surface area contributed by atoms with Crippen LogP contribution >= 0.6 is 0 Å². The third kappa shape index (κ3) is 4.77. The van der Waals surface area contributed by atoms with Crippen LogP contribution in [0.3, 0.4) is 0 Å². The SMILES string of the molecule is O=C1CC[C@H](c2coc3cc(F)c(OCc4ccc(CN5CCOCC5)cc4)cc23)C(=O)N1. The summed E-state index contributed by atoms with van der Waals surface area (Å²) < 4.78 is 31.2. The number of morpholine rings is 1. The zero-order valence-corrected chi connectivity index (χ0v) is 18.1. The summed E-state index contributed by atoms with van der Waals surface area (Å²) in [5.74, 6) is -1.60. The molecule has 7 nitrogen and oxygen atoms in total. The maximum atomic E-state index is 14.6. The van der Waals surface area contributed by atoms with Crippen LogP contribution in [-0.4, -0.2) is 43.0 Å². The van der Waals surface area contributed by atoms with E-state index in [1.807, 2.05) is 12.1 Å². The first-order valence-electron chi connectivity index (χ1n) is 11.1. The second-order valence-corrected chi connectivity index (χ2v) is 8.47. The largest absolute Gasteiger partial charge is 0.486 e. The number of carbonyl (C=O) groups is 2. The molecule has 2 fully saturated rings. The van der Waals surface area contributed by atoms with Gasteiger partial charge in [-0.05, 0) is 23.6 Å². The number of hydrogen-bond acceptors (Lipinski definition) is 6. The van der Waals surface area contributed by atoms with Gasteiger partial charge in [-0.25, -0.2) is 4.39 Å². The number of nitrogens with one attached hydrogen (secondary N) is 1. The fraction of sp³-hybridized carbons (Fsp3) is 0.360. The van der Waals surface area contributed by atoms with Crippen LogP contribution < -0.4 is 10.1 Å². The zero-order chi connectivity index (χ0) is 22.8. The maximum Gasteiger partial charge on any atom is 0.234 e. The van der Waals surface area contributed by atoms with Gasteiger partial charge in [0, 0.05) is 43.1 Å². The van der Waals surface area contributed by atoms with Gasteiger partial charge in [0.15, 0.2) is 11.6 Å². The first-order chi connectivity index (χ1) is 16.1. The Bertz CT molecular complexity index is 1170. The van der Waals surface area contributed by atoms with Crippen molar-refractivity contribution >= 4 is 22.8 Å². The number of ether oxygens (including phenoxy) is 2. The Morgan fingerprint density at radius 2 is 1.85 bits per heavy atom. The molecule has 2 aliphatic heterocycles. The lowest BCUT2D eigenvalue weighted by molar-refractivity contribution is -0.134. The number of benzene rings is 2. The second-order valence-electron chi connectivity index (χ2n) is 8.47. The van der Waals surface area contributed by atoms with Crippen molar-refractivity contribution in [1.29, 1.82) is 0 Å². The van der Waals surface area contributed by atoms with Gasteiger partial charge in [0.1, 0.15) is 12.2 Å². The molecule has 33 heavy (non-hydrogen) atoms. The lowest BCUT2D eigenvalue weighted by atomic mass is 9.90. The monoisotopic (exact) mass is 452 g/mol. The molecular weight excluding hydrogens is 427 g/mol. The number of amides is 2. The minimum atomic E-state index is -0.532. The number of nitrogens with zero attached hydrogens (tertiary/aromatic N) is 1. The van der Waals surface area contributed by atoms with E-state index in [4.69, 9.17) is 13.9 Å². The predicted molar refractivity (Wildman–Crippen MR) is 118 cm³/mol. The van der Waals surface area contributed by atoms with Gasteiger partial charge >= 0.3 is 0 Å². The van der Waals surface area contributed by atoms with E-state index < -0.39 is 11.7 Å². The van der Waals surface area contributed by atoms with E-state index in [1.54, 1.807) is 6.07 Å². The van der Waals surface area contributed by atoms with Gasteiger partial charge in [0.25, 0.3) is 0 Å². The number of imide groups is 1. The van der Waals surface area contributed by atoms with Gasteiger partial charge in [-0.2, -0.15) is 0 Å². The van der Waals surface area contributed by atoms with E-state index >= 15 is 0 Å². The van der Waals surface area contributed by atoms with Crippen molar-refractivity contribution in [2.24, 2.45) is 0 Å². The van der Waals surface area contributed by atoms with Crippen molar-refractivity contribution in [1.82, 2.24) is 10.2 Å². The van der Waals surface area contributed by atoms with E-state index in [0.717, 1.165) is 38.4 Å². The summed E-state index contributed by atoms with van der Waals surface area (Å²) in [6, 6.07) is 10.9. The molecule has 5 rings (SSSR count). The van der Waals surface area contributed by atoms with E-state index in [0.29, 0.717) is 23.0 Å². The van der Waals surface area contributed by atoms with Crippen LogP contribution in [0.15, 0.2) is 47.1 Å². The minimum Gasteiger partial charge on any atom is -0.486 e. The van der Waals surface area contributed by atoms with Gasteiger partial charge in [0.05, 0.1) is 25.4 Å². The predicted octanol–water partition coefficient (Wildman–Crippen LogP) is 3.50. The average molecular weight is 452 g/mol. The molecule has 0 unspecified atom stereocenters. The van der Waals surface area contributed by atoms with E-state index in [-0.39, 0.29) is 30.6 Å². The molecule has 2 saturated heterocycles. The minimum absolute atomic E-state index is 0.0924. The molecular formula is C25H25FN2O5. The van der Waals surface area contributed by atoms with Crippen molar-refractivity contribution in [2.75, 3.05) is 26.3 Å². The Labute approximate surface area is 190 Å². The van der Waals surface area contributed by atoms with Crippen LogP contribution in [0, 0.1) is 5.82 Å². The first kappa shape index (κ1) is 21.6. The molecule has 0 spiro atoms. The summed E-state index contributed by atoms with van der Waals surface area (Å²) in [5, 5.41) is 2.96. The van der Waals surface area contributed by atoms with Crippen molar-refractivity contribution in [3.05, 3.63) is 65.2 Å². The van der Waals surface area contributed by atoms with Gasteiger partial charge in [-0.1, -0.05) is 24.3 Å². The Morgan fingerprint density at radius 3 is 2.61 bits per heavy atom. The van der Waals surface area contributed by atoms with Crippen molar-refractivity contribution in [2.45, 2.75) is 31.9 Å². The lowest BCUT2D eigenvalue weighted by Gasteiger charge is -2.26. The van der Waals surface area contributed by atoms with Gasteiger partial charge in [0.2, 0.25) is 11.8 Å². The average Bonchev–Trinajstić information content (AvgIpc) is 3.21. The van der Waals surface area contributed by atoms with Crippen LogP contribution in [0.2, 0.25) is 0 Å². The van der Waals surface area contributed by atoms with Crippen LogP contribution in [0.1, 0.15) is 35.4 Å². The van der Waals surface area contributed by atoms with Gasteiger partial charge < -0.3 is 13.9 Å². The highest BCUT2D eigenvalue weighted by Crippen LogP contribution is 2.35. The third-order valence-corrected chi connectivity index (χ3v) is 6.20. The Morgan fingerprint density at radius 1 is 1.09 bits per heavy atom. The standard InChI is InChI=1S/C25H25FN2O5/c26-21-12-22-19(20(15-33-22)18-5-6-24(29)27-25(18)30)11-23(21)32-14-17-3-1-16(2-4-17)13-28-7-9-31-10-8-28/h1-4,11-12,15,18H,5-10,13-14H2,(H,27,29,30)/t18-/m1/s1. The fourth-order valence-electron chi connectivity index (χ4n) is 4.34. The summed E-state index contributed by atoms with van der Waals surface area (Å²) in [5.41, 5.74) is 3.11. The zero-order valence-electron chi connectivity index (χ0n) is 18.1. The molecule has 0 radical (unpaired) electrons. The van der Waals surface area contributed by atoms with E-state index in [9.17, 15) is 14.0 Å². The Balaban J connectivity index is 1.28. The molecule has 3 aromatic rings. The van der Waals surface area contributed by atoms with Crippen molar-refractivity contribution in [3.63, 3.8) is 0 Å². The van der Waals surface area contributed by atoms with Gasteiger partial charge in [-0.3, -0.25) is 19.8 Å². The molecule has 1 atom stereocenters. The molecule has 0 aliphatic carbocycles. The molecule has 8 heteroatoms. The summed E-state index contributed by atoms with van der Waals surface area (Å²) in [4.78, 5) is 26.1. The summed E-state index contributed by atoms with van der Waals surface area (Å²) in [6.07, 6.45) is 2.11. The second kappa shape index (κ2) is 9.33. The van der Waals surface area contributed by atoms with E-state index in [1.165, 1.54) is 17.9 Å². The fourth-order valence-corrected chi connectivity index (χ4v) is 4.34. The summed E-state index contributed by atoms with van der Waals surface area (Å²) in [6.45, 7) is 4.49.